The van der Waals surface area contributed by atoms with E-state index in [9.17, 15) is 9.59 Å². The first kappa shape index (κ1) is 22.3. The van der Waals surface area contributed by atoms with Gasteiger partial charge in [0.05, 0.1) is 12.3 Å². The fourth-order valence-electron chi connectivity index (χ4n) is 3.09. The van der Waals surface area contributed by atoms with Gasteiger partial charge < -0.3 is 23.8 Å². The van der Waals surface area contributed by atoms with Gasteiger partial charge in [0, 0.05) is 20.3 Å². The first-order chi connectivity index (χ1) is 14.2. The lowest BCUT2D eigenvalue weighted by Crippen LogP contribution is -2.35. The summed E-state index contributed by atoms with van der Waals surface area (Å²) in [5, 5.41) is 0. The van der Waals surface area contributed by atoms with Crippen molar-refractivity contribution in [3.63, 3.8) is 0 Å². The SMILES string of the molecule is CC(C)C(=O)OC[C@H]1O[C@@H](n2ccc(N=CN(C)C)nc2=O)[C@@H]2OC(N(C)C)O[C@@H]21. The van der Waals surface area contributed by atoms with E-state index < -0.39 is 36.6 Å². The second kappa shape index (κ2) is 9.21. The predicted molar refractivity (Wildman–Crippen MR) is 107 cm³/mol. The van der Waals surface area contributed by atoms with Crippen LogP contribution in [0.15, 0.2) is 22.1 Å². The Kier molecular flexibility index (Phi) is 6.86. The molecule has 1 aromatic heterocycles. The average molecular weight is 423 g/mol. The van der Waals surface area contributed by atoms with Crippen molar-refractivity contribution in [1.82, 2.24) is 19.4 Å². The second-order valence-electron chi connectivity index (χ2n) is 8.01. The third kappa shape index (κ3) is 4.86. The van der Waals surface area contributed by atoms with E-state index in [1.54, 1.807) is 42.2 Å². The predicted octanol–water partition coefficient (Wildman–Crippen LogP) is 0.191. The maximum absolute atomic E-state index is 12.6. The Morgan fingerprint density at radius 1 is 1.27 bits per heavy atom. The normalized spacial score (nSPS) is 28.5. The van der Waals surface area contributed by atoms with E-state index in [1.807, 2.05) is 28.2 Å². The maximum atomic E-state index is 12.6. The highest BCUT2D eigenvalue weighted by Crippen LogP contribution is 2.39. The summed E-state index contributed by atoms with van der Waals surface area (Å²) in [7, 11) is 7.28. The molecule has 2 saturated heterocycles. The maximum Gasteiger partial charge on any atom is 0.351 e. The van der Waals surface area contributed by atoms with Crippen LogP contribution in [0.25, 0.3) is 0 Å². The van der Waals surface area contributed by atoms with Gasteiger partial charge in [0.25, 0.3) is 0 Å². The van der Waals surface area contributed by atoms with Gasteiger partial charge in [0.1, 0.15) is 24.9 Å². The number of rotatable bonds is 7. The van der Waals surface area contributed by atoms with Gasteiger partial charge in [-0.25, -0.2) is 9.79 Å². The summed E-state index contributed by atoms with van der Waals surface area (Å²) in [5.41, 5.74) is -0.524. The molecule has 0 saturated carbocycles. The van der Waals surface area contributed by atoms with E-state index in [4.69, 9.17) is 18.9 Å². The summed E-state index contributed by atoms with van der Waals surface area (Å²) in [6.45, 7) is 3.52. The molecule has 5 atom stereocenters. The van der Waals surface area contributed by atoms with E-state index in [1.165, 1.54) is 4.57 Å². The molecule has 11 nitrogen and oxygen atoms in total. The Morgan fingerprint density at radius 3 is 2.57 bits per heavy atom. The molecule has 1 unspecified atom stereocenters. The van der Waals surface area contributed by atoms with E-state index in [2.05, 4.69) is 9.98 Å². The number of fused-ring (bicyclic) bond motifs is 1. The molecule has 1 aromatic rings. The number of hydrogen-bond acceptors (Lipinski definition) is 9. The average Bonchev–Trinajstić information content (AvgIpc) is 3.24. The minimum Gasteiger partial charge on any atom is -0.463 e. The molecule has 30 heavy (non-hydrogen) atoms. The zero-order valence-electron chi connectivity index (χ0n) is 18.1. The van der Waals surface area contributed by atoms with E-state index in [0.717, 1.165) is 0 Å². The molecule has 0 spiro atoms. The van der Waals surface area contributed by atoms with E-state index in [-0.39, 0.29) is 24.3 Å². The van der Waals surface area contributed by atoms with Crippen LogP contribution >= 0.6 is 0 Å². The van der Waals surface area contributed by atoms with Gasteiger partial charge in [-0.2, -0.15) is 4.98 Å². The molecule has 0 aromatic carbocycles. The summed E-state index contributed by atoms with van der Waals surface area (Å²) < 4.78 is 24.6. The van der Waals surface area contributed by atoms with Gasteiger partial charge in [0.2, 0.25) is 6.41 Å². The van der Waals surface area contributed by atoms with Crippen LogP contribution in [0, 0.1) is 5.92 Å². The lowest BCUT2D eigenvalue weighted by molar-refractivity contribution is -0.202. The first-order valence-corrected chi connectivity index (χ1v) is 9.76. The van der Waals surface area contributed by atoms with Crippen molar-refractivity contribution < 1.29 is 23.7 Å². The van der Waals surface area contributed by atoms with Crippen LogP contribution in [0.4, 0.5) is 5.82 Å². The van der Waals surface area contributed by atoms with Crippen LogP contribution in [-0.2, 0) is 23.7 Å². The van der Waals surface area contributed by atoms with Crippen LogP contribution in [0.2, 0.25) is 0 Å². The van der Waals surface area contributed by atoms with Gasteiger partial charge in [-0.1, -0.05) is 13.8 Å². The van der Waals surface area contributed by atoms with Gasteiger partial charge in [-0.3, -0.25) is 14.3 Å². The molecule has 0 amide bonds. The van der Waals surface area contributed by atoms with Crippen molar-refractivity contribution in [3.8, 4) is 0 Å². The zero-order chi connectivity index (χ0) is 22.0. The Hall–Kier alpha value is -2.34. The molecule has 2 fully saturated rings. The summed E-state index contributed by atoms with van der Waals surface area (Å²) in [6, 6.07) is 1.62. The van der Waals surface area contributed by atoms with E-state index >= 15 is 0 Å². The van der Waals surface area contributed by atoms with Crippen molar-refractivity contribution in [2.45, 2.75) is 44.8 Å². The molecule has 2 aliphatic rings. The third-order valence-corrected chi connectivity index (χ3v) is 4.63. The number of aliphatic imine (C=N–C) groups is 1. The van der Waals surface area contributed by atoms with Crippen LogP contribution in [0.1, 0.15) is 20.1 Å². The first-order valence-electron chi connectivity index (χ1n) is 9.76. The van der Waals surface area contributed by atoms with Crippen LogP contribution in [0.3, 0.4) is 0 Å². The van der Waals surface area contributed by atoms with Crippen molar-refractivity contribution in [2.75, 3.05) is 34.8 Å². The van der Waals surface area contributed by atoms with E-state index in [0.29, 0.717) is 0 Å². The number of aromatic nitrogens is 2. The number of carbonyl (C=O) groups excluding carboxylic acids is 1. The van der Waals surface area contributed by atoms with Crippen molar-refractivity contribution in [3.05, 3.63) is 22.7 Å². The molecule has 166 valence electrons. The molecule has 3 heterocycles. The van der Waals surface area contributed by atoms with Gasteiger partial charge >= 0.3 is 11.7 Å². The third-order valence-electron chi connectivity index (χ3n) is 4.63. The number of nitrogens with zero attached hydrogens (tertiary/aromatic N) is 5. The summed E-state index contributed by atoms with van der Waals surface area (Å²) in [5.74, 6) is -0.296. The topological polar surface area (TPSA) is 108 Å². The van der Waals surface area contributed by atoms with Crippen LogP contribution in [-0.4, -0.2) is 91.2 Å². The summed E-state index contributed by atoms with van der Waals surface area (Å²) in [4.78, 5) is 36.1. The summed E-state index contributed by atoms with van der Waals surface area (Å²) >= 11 is 0. The monoisotopic (exact) mass is 423 g/mol. The molecule has 0 N–H and O–H groups in total. The fraction of sp³-hybridized carbons (Fsp3) is 0.684. The minimum absolute atomic E-state index is 0.00553. The summed E-state index contributed by atoms with van der Waals surface area (Å²) in [6.07, 6.45) is 0.122. The Balaban J connectivity index is 1.81. The lowest BCUT2D eigenvalue weighted by atomic mass is 10.1. The van der Waals surface area contributed by atoms with Gasteiger partial charge in [0.15, 0.2) is 12.0 Å². The Labute approximate surface area is 175 Å². The van der Waals surface area contributed by atoms with Gasteiger partial charge in [-0.05, 0) is 20.2 Å². The molecular formula is C19H29N5O6. The minimum atomic E-state index is -0.769. The molecular weight excluding hydrogens is 394 g/mol. The Bertz CT molecular complexity index is 839. The standard InChI is InChI=1S/C19H29N5O6/c1-11(2)17(25)27-9-12-14-15(30-19(29-14)23(5)6)16(28-12)24-8-7-13(21-18(24)26)20-10-22(3)4/h7-8,10-12,14-16,19H,9H2,1-6H3/t12-,14-,15-,16-,19?/m1/s1. The molecule has 2 aliphatic heterocycles. The van der Waals surface area contributed by atoms with Crippen molar-refractivity contribution in [1.29, 1.82) is 0 Å². The number of carbonyl (C=O) groups is 1. The molecule has 0 aliphatic carbocycles. The fourth-order valence-corrected chi connectivity index (χ4v) is 3.09. The van der Waals surface area contributed by atoms with Crippen molar-refractivity contribution in [2.24, 2.45) is 10.9 Å². The molecule has 0 radical (unpaired) electrons. The number of ether oxygens (including phenoxy) is 4. The Morgan fingerprint density at radius 2 is 1.97 bits per heavy atom. The number of esters is 1. The van der Waals surface area contributed by atoms with Crippen LogP contribution in [0.5, 0.6) is 0 Å². The molecule has 11 heteroatoms. The lowest BCUT2D eigenvalue weighted by Gasteiger charge is -2.24. The number of hydrogen-bond donors (Lipinski definition) is 0. The smallest absolute Gasteiger partial charge is 0.351 e. The molecule has 0 bridgehead atoms. The highest BCUT2D eigenvalue weighted by Gasteiger charge is 2.54. The highest BCUT2D eigenvalue weighted by atomic mass is 16.8. The van der Waals surface area contributed by atoms with Gasteiger partial charge in [-0.15, -0.1) is 0 Å². The molecule has 3 rings (SSSR count). The quantitative estimate of drug-likeness (QED) is 0.345. The second-order valence-corrected chi connectivity index (χ2v) is 8.01. The largest absolute Gasteiger partial charge is 0.463 e. The van der Waals surface area contributed by atoms with Crippen LogP contribution < -0.4 is 5.69 Å². The zero-order valence-corrected chi connectivity index (χ0v) is 18.1. The highest BCUT2D eigenvalue weighted by molar-refractivity contribution is 5.71. The van der Waals surface area contributed by atoms with Crippen molar-refractivity contribution >= 4 is 18.1 Å².